The van der Waals surface area contributed by atoms with E-state index in [2.05, 4.69) is 0 Å². The molecule has 0 fully saturated rings. The number of halogens is 3. The summed E-state index contributed by atoms with van der Waals surface area (Å²) in [5.74, 6) is -5.93. The largest absolute Gasteiger partial charge is 0.464 e. The Hall–Kier alpha value is -1.05. The molecule has 1 rings (SSSR count). The number of aliphatic hydroxyl groups is 1. The molecule has 0 aliphatic heterocycles. The Kier molecular flexibility index (Phi) is 6.68. The topological polar surface area (TPSA) is 63.3 Å². The van der Waals surface area contributed by atoms with Gasteiger partial charge in [-0.1, -0.05) is 25.1 Å². The van der Waals surface area contributed by atoms with Crippen LogP contribution in [0.2, 0.25) is 0 Å². The van der Waals surface area contributed by atoms with Gasteiger partial charge in [-0.25, -0.2) is 13.2 Å². The Labute approximate surface area is 138 Å². The van der Waals surface area contributed by atoms with Gasteiger partial charge in [0.25, 0.3) is 5.92 Å². The van der Waals surface area contributed by atoms with Crippen LogP contribution in [0, 0.1) is 11.7 Å². The summed E-state index contributed by atoms with van der Waals surface area (Å²) < 4.78 is 53.3. The molecule has 23 heavy (non-hydrogen) atoms. The quantitative estimate of drug-likeness (QED) is 0.705. The van der Waals surface area contributed by atoms with E-state index in [9.17, 15) is 17.4 Å². The lowest BCUT2D eigenvalue weighted by atomic mass is 9.91. The standard InChI is InChI=1S/C16H23F3NO2S/c1-10(9-21)16(18,19)12-6-4-5-11(14(12)17)13(20)7-8-15(2,3)23-22/h4-6,10,13,21H,7-9,20H2,1-3H3/q+1/t10-,13-/m1/s1. The highest BCUT2D eigenvalue weighted by molar-refractivity contribution is 7.67. The zero-order valence-electron chi connectivity index (χ0n) is 13.5. The second-order valence-corrected chi connectivity index (χ2v) is 7.68. The first-order valence-corrected chi connectivity index (χ1v) is 8.15. The zero-order chi connectivity index (χ0) is 17.8. The lowest BCUT2D eigenvalue weighted by molar-refractivity contribution is -0.0779. The molecule has 0 aromatic heterocycles. The third kappa shape index (κ3) is 4.71. The lowest BCUT2D eigenvalue weighted by Crippen LogP contribution is -2.28. The van der Waals surface area contributed by atoms with Crippen LogP contribution >= 0.6 is 0 Å². The molecular weight excluding hydrogens is 327 g/mol. The van der Waals surface area contributed by atoms with Crippen molar-refractivity contribution in [1.29, 1.82) is 0 Å². The lowest BCUT2D eigenvalue weighted by Gasteiger charge is -2.24. The molecule has 7 heteroatoms. The number of benzene rings is 1. The molecule has 0 unspecified atom stereocenters. The van der Waals surface area contributed by atoms with Crippen LogP contribution in [-0.2, 0) is 21.8 Å². The van der Waals surface area contributed by atoms with Crippen molar-refractivity contribution in [2.24, 2.45) is 11.7 Å². The maximum atomic E-state index is 14.5. The molecule has 0 bridgehead atoms. The van der Waals surface area contributed by atoms with Gasteiger partial charge >= 0.3 is 11.7 Å². The molecule has 0 spiro atoms. The summed E-state index contributed by atoms with van der Waals surface area (Å²) in [7, 11) is 0. The second kappa shape index (κ2) is 7.68. The van der Waals surface area contributed by atoms with Crippen molar-refractivity contribution in [3.05, 3.63) is 35.1 Å². The van der Waals surface area contributed by atoms with Crippen molar-refractivity contribution in [2.75, 3.05) is 6.61 Å². The summed E-state index contributed by atoms with van der Waals surface area (Å²) in [6.45, 7) is 3.90. The normalized spacial score (nSPS) is 15.3. The molecule has 0 amide bonds. The van der Waals surface area contributed by atoms with Crippen molar-refractivity contribution in [3.63, 3.8) is 0 Å². The van der Waals surface area contributed by atoms with Crippen LogP contribution in [0.5, 0.6) is 0 Å². The molecule has 1 aromatic carbocycles. The first-order valence-electron chi connectivity index (χ1n) is 7.41. The van der Waals surface area contributed by atoms with Crippen molar-refractivity contribution in [1.82, 2.24) is 0 Å². The van der Waals surface area contributed by atoms with Gasteiger partial charge in [0.05, 0.1) is 12.2 Å². The van der Waals surface area contributed by atoms with Gasteiger partial charge in [0.2, 0.25) is 4.75 Å². The number of hydrogen-bond donors (Lipinski definition) is 2. The molecule has 130 valence electrons. The van der Waals surface area contributed by atoms with E-state index in [1.807, 2.05) is 0 Å². The zero-order valence-corrected chi connectivity index (χ0v) is 14.3. The molecular formula is C16H23F3NO2S+. The highest BCUT2D eigenvalue weighted by atomic mass is 32.1. The van der Waals surface area contributed by atoms with Crippen LogP contribution < -0.4 is 5.73 Å². The van der Waals surface area contributed by atoms with E-state index >= 15 is 0 Å². The fourth-order valence-corrected chi connectivity index (χ4v) is 2.38. The molecule has 0 radical (unpaired) electrons. The van der Waals surface area contributed by atoms with Crippen molar-refractivity contribution in [3.8, 4) is 0 Å². The minimum atomic E-state index is -3.49. The Morgan fingerprint density at radius 3 is 2.48 bits per heavy atom. The van der Waals surface area contributed by atoms with Gasteiger partial charge in [0.15, 0.2) is 0 Å². The number of hydrogen-bond acceptors (Lipinski definition) is 3. The van der Waals surface area contributed by atoms with E-state index in [-0.39, 0.29) is 5.56 Å². The van der Waals surface area contributed by atoms with E-state index in [1.54, 1.807) is 13.8 Å². The Balaban J connectivity index is 3.07. The van der Waals surface area contributed by atoms with Gasteiger partial charge in [-0.05, 0) is 20.3 Å². The van der Waals surface area contributed by atoms with E-state index < -0.39 is 40.6 Å². The Morgan fingerprint density at radius 2 is 1.96 bits per heavy atom. The smallest absolute Gasteiger partial charge is 0.396 e. The summed E-state index contributed by atoms with van der Waals surface area (Å²) in [5.41, 5.74) is 5.17. The van der Waals surface area contributed by atoms with Crippen LogP contribution in [-0.4, -0.2) is 16.5 Å². The average Bonchev–Trinajstić information content (AvgIpc) is 2.51. The third-order valence-electron chi connectivity index (χ3n) is 3.96. The number of rotatable bonds is 8. The molecule has 0 saturated heterocycles. The summed E-state index contributed by atoms with van der Waals surface area (Å²) in [6.07, 6.45) is 0.749. The van der Waals surface area contributed by atoms with Crippen LogP contribution in [0.3, 0.4) is 0 Å². The summed E-state index contributed by atoms with van der Waals surface area (Å²) in [6, 6.07) is 2.94. The summed E-state index contributed by atoms with van der Waals surface area (Å²) in [4.78, 5) is 0. The van der Waals surface area contributed by atoms with Gasteiger partial charge in [-0.15, -0.1) is 0 Å². The molecule has 0 saturated carbocycles. The van der Waals surface area contributed by atoms with E-state index in [0.29, 0.717) is 24.5 Å². The second-order valence-electron chi connectivity index (χ2n) is 6.40. The van der Waals surface area contributed by atoms with Gasteiger partial charge in [0, 0.05) is 28.2 Å². The van der Waals surface area contributed by atoms with Crippen LogP contribution in [0.25, 0.3) is 0 Å². The monoisotopic (exact) mass is 350 g/mol. The van der Waals surface area contributed by atoms with Crippen LogP contribution in [0.15, 0.2) is 18.2 Å². The van der Waals surface area contributed by atoms with Crippen molar-refractivity contribution in [2.45, 2.75) is 50.3 Å². The van der Waals surface area contributed by atoms with Gasteiger partial charge in [-0.2, -0.15) is 0 Å². The van der Waals surface area contributed by atoms with E-state index in [4.69, 9.17) is 10.8 Å². The molecule has 0 aliphatic carbocycles. The molecule has 2 atom stereocenters. The van der Waals surface area contributed by atoms with Crippen molar-refractivity contribution >= 4 is 11.7 Å². The minimum Gasteiger partial charge on any atom is -0.396 e. The average molecular weight is 350 g/mol. The first kappa shape index (κ1) is 20.0. The van der Waals surface area contributed by atoms with Gasteiger partial charge in [-0.3, -0.25) is 0 Å². The predicted octanol–water partition coefficient (Wildman–Crippen LogP) is 3.53. The Morgan fingerprint density at radius 1 is 1.35 bits per heavy atom. The highest BCUT2D eigenvalue weighted by Gasteiger charge is 2.41. The fraction of sp³-hybridized carbons (Fsp3) is 0.625. The van der Waals surface area contributed by atoms with Gasteiger partial charge in [0.1, 0.15) is 5.82 Å². The third-order valence-corrected chi connectivity index (χ3v) is 4.62. The molecule has 3 N–H and O–H groups in total. The van der Waals surface area contributed by atoms with Crippen LogP contribution in [0.4, 0.5) is 13.2 Å². The minimum absolute atomic E-state index is 0.000913. The number of alkyl halides is 2. The maximum absolute atomic E-state index is 14.5. The summed E-state index contributed by atoms with van der Waals surface area (Å²) >= 11 is 0.436. The molecule has 3 nitrogen and oxygen atoms in total. The van der Waals surface area contributed by atoms with Gasteiger partial charge < -0.3 is 10.8 Å². The van der Waals surface area contributed by atoms with Crippen LogP contribution in [0.1, 0.15) is 50.8 Å². The first-order chi connectivity index (χ1) is 10.6. The fourth-order valence-electron chi connectivity index (χ4n) is 2.17. The predicted molar refractivity (Wildman–Crippen MR) is 84.8 cm³/mol. The highest BCUT2D eigenvalue weighted by Crippen LogP contribution is 2.39. The number of aliphatic hydroxyl groups excluding tert-OH is 1. The SMILES string of the molecule is C[C@H](CO)C(F)(F)c1cccc([C@H](N)CCC(C)(C)[S+]=O)c1F. The van der Waals surface area contributed by atoms with Crippen molar-refractivity contribution < 1.29 is 22.5 Å². The Bertz CT molecular complexity index is 552. The summed E-state index contributed by atoms with van der Waals surface area (Å²) in [5, 5.41) is 8.94. The number of nitrogens with two attached hydrogens (primary N) is 1. The maximum Gasteiger partial charge on any atom is 0.464 e. The molecule has 1 aromatic rings. The molecule has 0 heterocycles. The molecule has 0 aliphatic rings. The van der Waals surface area contributed by atoms with E-state index in [1.165, 1.54) is 12.1 Å². The van der Waals surface area contributed by atoms with E-state index in [0.717, 1.165) is 13.0 Å².